The Balaban J connectivity index is 2.18. The molecule has 100 valence electrons. The second kappa shape index (κ2) is 6.06. The van der Waals surface area contributed by atoms with Gasteiger partial charge in [0.05, 0.1) is 17.7 Å². The summed E-state index contributed by atoms with van der Waals surface area (Å²) in [5.74, 6) is 1.17. The molecule has 0 amide bonds. The third-order valence-electron chi connectivity index (χ3n) is 2.77. The Labute approximate surface area is 117 Å². The lowest BCUT2D eigenvalue weighted by atomic mass is 10.1. The van der Waals surface area contributed by atoms with E-state index in [0.717, 1.165) is 11.1 Å². The van der Waals surface area contributed by atoms with Crippen molar-refractivity contribution in [2.45, 2.75) is 19.6 Å². The van der Waals surface area contributed by atoms with Gasteiger partial charge < -0.3 is 14.9 Å². The fraction of sp³-hybridized carbons (Fsp3) is 0.200. The fourth-order valence-corrected chi connectivity index (χ4v) is 1.88. The lowest BCUT2D eigenvalue weighted by Gasteiger charge is -2.10. The maximum atomic E-state index is 9.46. The molecule has 19 heavy (non-hydrogen) atoms. The van der Waals surface area contributed by atoms with E-state index in [-0.39, 0.29) is 6.61 Å². The lowest BCUT2D eigenvalue weighted by Crippen LogP contribution is -1.92. The van der Waals surface area contributed by atoms with Gasteiger partial charge in [0, 0.05) is 0 Å². The van der Waals surface area contributed by atoms with Crippen LogP contribution in [0.4, 0.5) is 0 Å². The molecule has 0 fully saturated rings. The summed E-state index contributed by atoms with van der Waals surface area (Å²) >= 11 is 6.11. The van der Waals surface area contributed by atoms with Crippen molar-refractivity contribution in [1.82, 2.24) is 0 Å². The van der Waals surface area contributed by atoms with E-state index in [0.29, 0.717) is 16.5 Å². The van der Waals surface area contributed by atoms with Crippen LogP contribution in [0.5, 0.6) is 11.5 Å². The number of rotatable bonds is 4. The maximum absolute atomic E-state index is 9.46. The molecular weight excluding hydrogens is 264 g/mol. The first-order valence-electron chi connectivity index (χ1n) is 5.95. The van der Waals surface area contributed by atoms with Crippen molar-refractivity contribution in [2.75, 3.05) is 0 Å². The Morgan fingerprint density at radius 1 is 1.16 bits per heavy atom. The normalized spacial score (nSPS) is 12.2. The fourth-order valence-electron chi connectivity index (χ4n) is 1.65. The quantitative estimate of drug-likeness (QED) is 0.897. The first-order valence-corrected chi connectivity index (χ1v) is 6.33. The van der Waals surface area contributed by atoms with Crippen LogP contribution in [-0.2, 0) is 6.61 Å². The van der Waals surface area contributed by atoms with Crippen molar-refractivity contribution >= 4 is 11.6 Å². The molecule has 2 aromatic carbocycles. The van der Waals surface area contributed by atoms with Gasteiger partial charge in [0.15, 0.2) is 0 Å². The predicted molar refractivity (Wildman–Crippen MR) is 74.5 cm³/mol. The van der Waals surface area contributed by atoms with E-state index >= 15 is 0 Å². The minimum atomic E-state index is -0.560. The van der Waals surface area contributed by atoms with Gasteiger partial charge in [-0.05, 0) is 42.3 Å². The van der Waals surface area contributed by atoms with Gasteiger partial charge in [-0.25, -0.2) is 0 Å². The summed E-state index contributed by atoms with van der Waals surface area (Å²) in [5.41, 5.74) is 1.57. The lowest BCUT2D eigenvalue weighted by molar-refractivity contribution is 0.199. The molecule has 0 aliphatic heterocycles. The van der Waals surface area contributed by atoms with Crippen LogP contribution in [0.25, 0.3) is 0 Å². The molecule has 0 radical (unpaired) electrons. The van der Waals surface area contributed by atoms with Gasteiger partial charge in [0.2, 0.25) is 0 Å². The van der Waals surface area contributed by atoms with E-state index in [1.807, 2.05) is 0 Å². The van der Waals surface area contributed by atoms with E-state index in [1.54, 1.807) is 49.4 Å². The summed E-state index contributed by atoms with van der Waals surface area (Å²) in [5, 5.41) is 18.9. The first kappa shape index (κ1) is 13.9. The van der Waals surface area contributed by atoms with Gasteiger partial charge in [-0.3, -0.25) is 0 Å². The highest BCUT2D eigenvalue weighted by Crippen LogP contribution is 2.31. The molecule has 3 nitrogen and oxygen atoms in total. The SMILES string of the molecule is C[C@H](O)c1ccc(Oc2ccc(CO)cc2)c(Cl)c1. The maximum Gasteiger partial charge on any atom is 0.146 e. The largest absolute Gasteiger partial charge is 0.456 e. The highest BCUT2D eigenvalue weighted by molar-refractivity contribution is 6.32. The molecule has 0 heterocycles. The number of hydrogen-bond donors (Lipinski definition) is 2. The Bertz CT molecular complexity index is 550. The number of benzene rings is 2. The summed E-state index contributed by atoms with van der Waals surface area (Å²) in [6.07, 6.45) is -0.560. The van der Waals surface area contributed by atoms with Gasteiger partial charge in [-0.2, -0.15) is 0 Å². The zero-order valence-corrected chi connectivity index (χ0v) is 11.3. The monoisotopic (exact) mass is 278 g/mol. The van der Waals surface area contributed by atoms with Crippen LogP contribution >= 0.6 is 11.6 Å². The molecule has 0 saturated heterocycles. The summed E-state index contributed by atoms with van der Waals surface area (Å²) in [6, 6.07) is 12.3. The summed E-state index contributed by atoms with van der Waals surface area (Å²) in [7, 11) is 0. The molecule has 0 aliphatic carbocycles. The number of halogens is 1. The molecule has 0 unspecified atom stereocenters. The molecule has 0 bridgehead atoms. The van der Waals surface area contributed by atoms with Crippen LogP contribution < -0.4 is 4.74 Å². The first-order chi connectivity index (χ1) is 9.10. The summed E-state index contributed by atoms with van der Waals surface area (Å²) < 4.78 is 5.65. The van der Waals surface area contributed by atoms with E-state index < -0.39 is 6.10 Å². The smallest absolute Gasteiger partial charge is 0.146 e. The molecule has 4 heteroatoms. The average molecular weight is 279 g/mol. The molecule has 1 atom stereocenters. The Morgan fingerprint density at radius 3 is 2.37 bits per heavy atom. The second-order valence-corrected chi connectivity index (χ2v) is 4.68. The van der Waals surface area contributed by atoms with Crippen LogP contribution in [-0.4, -0.2) is 10.2 Å². The van der Waals surface area contributed by atoms with Gasteiger partial charge in [-0.1, -0.05) is 29.8 Å². The molecule has 0 aliphatic rings. The van der Waals surface area contributed by atoms with E-state index in [4.69, 9.17) is 21.4 Å². The van der Waals surface area contributed by atoms with E-state index in [9.17, 15) is 5.11 Å². The Kier molecular flexibility index (Phi) is 4.43. The third-order valence-corrected chi connectivity index (χ3v) is 3.07. The standard InChI is InChI=1S/C15H15ClO3/c1-10(18)12-4-7-15(14(16)8-12)19-13-5-2-11(9-17)3-6-13/h2-8,10,17-18H,9H2,1H3/t10-/m0/s1. The van der Waals surface area contributed by atoms with Crippen molar-refractivity contribution in [2.24, 2.45) is 0 Å². The van der Waals surface area contributed by atoms with E-state index in [2.05, 4.69) is 0 Å². The van der Waals surface area contributed by atoms with Crippen molar-refractivity contribution in [1.29, 1.82) is 0 Å². The summed E-state index contributed by atoms with van der Waals surface area (Å²) in [4.78, 5) is 0. The van der Waals surface area contributed by atoms with Crippen LogP contribution in [0.3, 0.4) is 0 Å². The van der Waals surface area contributed by atoms with Gasteiger partial charge >= 0.3 is 0 Å². The topological polar surface area (TPSA) is 49.7 Å². The van der Waals surface area contributed by atoms with Crippen LogP contribution in [0.2, 0.25) is 5.02 Å². The van der Waals surface area contributed by atoms with E-state index in [1.165, 1.54) is 0 Å². The highest BCUT2D eigenvalue weighted by Gasteiger charge is 2.07. The number of ether oxygens (including phenoxy) is 1. The van der Waals surface area contributed by atoms with Gasteiger partial charge in [0.25, 0.3) is 0 Å². The van der Waals surface area contributed by atoms with Crippen molar-refractivity contribution < 1.29 is 14.9 Å². The Hall–Kier alpha value is -1.55. The predicted octanol–water partition coefficient (Wildman–Crippen LogP) is 3.68. The number of aliphatic hydroxyl groups is 2. The van der Waals surface area contributed by atoms with Crippen LogP contribution in [0, 0.1) is 0 Å². The molecule has 0 aromatic heterocycles. The highest BCUT2D eigenvalue weighted by atomic mass is 35.5. The molecule has 2 rings (SSSR count). The zero-order chi connectivity index (χ0) is 13.8. The second-order valence-electron chi connectivity index (χ2n) is 4.27. The number of hydrogen-bond acceptors (Lipinski definition) is 3. The average Bonchev–Trinajstić information content (AvgIpc) is 2.41. The van der Waals surface area contributed by atoms with Crippen molar-refractivity contribution in [3.05, 3.63) is 58.6 Å². The number of aliphatic hydroxyl groups excluding tert-OH is 2. The van der Waals surface area contributed by atoms with Crippen LogP contribution in [0.1, 0.15) is 24.2 Å². The van der Waals surface area contributed by atoms with Crippen molar-refractivity contribution in [3.63, 3.8) is 0 Å². The third kappa shape index (κ3) is 3.47. The molecular formula is C15H15ClO3. The van der Waals surface area contributed by atoms with Gasteiger partial charge in [0.1, 0.15) is 11.5 Å². The molecule has 2 aromatic rings. The van der Waals surface area contributed by atoms with Crippen LogP contribution in [0.15, 0.2) is 42.5 Å². The minimum Gasteiger partial charge on any atom is -0.456 e. The molecule has 2 N–H and O–H groups in total. The van der Waals surface area contributed by atoms with Crippen molar-refractivity contribution in [3.8, 4) is 11.5 Å². The Morgan fingerprint density at radius 2 is 1.84 bits per heavy atom. The van der Waals surface area contributed by atoms with Gasteiger partial charge in [-0.15, -0.1) is 0 Å². The molecule has 0 spiro atoms. The molecule has 0 saturated carbocycles. The minimum absolute atomic E-state index is 0.00409. The summed E-state index contributed by atoms with van der Waals surface area (Å²) in [6.45, 7) is 1.68. The zero-order valence-electron chi connectivity index (χ0n) is 10.5.